The van der Waals surface area contributed by atoms with Gasteiger partial charge in [-0.05, 0) is 31.4 Å². The molecule has 2 N–H and O–H groups in total. The Balaban J connectivity index is 1.61. The molecule has 0 atom stereocenters. The summed E-state index contributed by atoms with van der Waals surface area (Å²) in [5, 5.41) is 0. The van der Waals surface area contributed by atoms with Gasteiger partial charge in [0.1, 0.15) is 19.0 Å². The number of nitrogens with zero attached hydrogens (tertiary/aromatic N) is 2. The quantitative estimate of drug-likeness (QED) is 0.709. The average molecular weight is 351 g/mol. The standard InChI is InChI=1S/C21H25N3O2/c22-10-4-9-21-23-17-14-19-20(26-13-12-25-19)15-18(17)24(21)11-5-8-16-6-2-1-3-7-16/h1-3,6-7,14-15H,4-5,8-13,22H2. The van der Waals surface area contributed by atoms with Gasteiger partial charge >= 0.3 is 0 Å². The number of nitrogens with two attached hydrogens (primary N) is 1. The highest BCUT2D eigenvalue weighted by molar-refractivity contribution is 5.80. The van der Waals surface area contributed by atoms with Crippen LogP contribution in [0.4, 0.5) is 0 Å². The largest absolute Gasteiger partial charge is 0.486 e. The van der Waals surface area contributed by atoms with Gasteiger partial charge < -0.3 is 19.8 Å². The van der Waals surface area contributed by atoms with Crippen LogP contribution in [0.5, 0.6) is 11.5 Å². The van der Waals surface area contributed by atoms with Gasteiger partial charge in [0.05, 0.1) is 11.0 Å². The Kier molecular flexibility index (Phi) is 5.07. The molecule has 5 nitrogen and oxygen atoms in total. The second-order valence-electron chi connectivity index (χ2n) is 6.65. The molecule has 5 heteroatoms. The lowest BCUT2D eigenvalue weighted by atomic mass is 10.1. The predicted molar refractivity (Wildman–Crippen MR) is 103 cm³/mol. The summed E-state index contributed by atoms with van der Waals surface area (Å²) in [5.41, 5.74) is 9.18. The van der Waals surface area contributed by atoms with Crippen molar-refractivity contribution < 1.29 is 9.47 Å². The smallest absolute Gasteiger partial charge is 0.163 e. The fraction of sp³-hybridized carbons (Fsp3) is 0.381. The maximum atomic E-state index is 5.76. The van der Waals surface area contributed by atoms with Crippen LogP contribution < -0.4 is 15.2 Å². The molecule has 1 aliphatic rings. The summed E-state index contributed by atoms with van der Waals surface area (Å²) >= 11 is 0. The van der Waals surface area contributed by atoms with E-state index >= 15 is 0 Å². The second kappa shape index (κ2) is 7.79. The first-order chi connectivity index (χ1) is 12.8. The zero-order chi connectivity index (χ0) is 17.8. The van der Waals surface area contributed by atoms with Crippen LogP contribution in [-0.4, -0.2) is 29.3 Å². The van der Waals surface area contributed by atoms with E-state index in [1.807, 2.05) is 6.07 Å². The zero-order valence-corrected chi connectivity index (χ0v) is 15.0. The molecule has 0 aliphatic carbocycles. The van der Waals surface area contributed by atoms with Gasteiger partial charge in [-0.15, -0.1) is 0 Å². The molecule has 26 heavy (non-hydrogen) atoms. The Labute approximate surface area is 153 Å². The predicted octanol–water partition coefficient (Wildman–Crippen LogP) is 3.33. The van der Waals surface area contributed by atoms with E-state index in [1.54, 1.807) is 0 Å². The van der Waals surface area contributed by atoms with Gasteiger partial charge in [-0.3, -0.25) is 0 Å². The van der Waals surface area contributed by atoms with Crippen LogP contribution in [0.2, 0.25) is 0 Å². The molecule has 0 bridgehead atoms. The molecule has 1 aromatic heterocycles. The van der Waals surface area contributed by atoms with Crippen LogP contribution in [0, 0.1) is 0 Å². The van der Waals surface area contributed by atoms with Crippen LogP contribution in [0.15, 0.2) is 42.5 Å². The van der Waals surface area contributed by atoms with Gasteiger partial charge in [0.2, 0.25) is 0 Å². The lowest BCUT2D eigenvalue weighted by molar-refractivity contribution is 0.172. The molecule has 2 aromatic carbocycles. The van der Waals surface area contributed by atoms with Gasteiger partial charge in [0.25, 0.3) is 0 Å². The fourth-order valence-corrected chi connectivity index (χ4v) is 3.50. The first kappa shape index (κ1) is 16.9. The molecule has 0 amide bonds. The SMILES string of the molecule is NCCCc1nc2cc3c(cc2n1CCCc1ccccc1)OCCO3. The van der Waals surface area contributed by atoms with Gasteiger partial charge in [0, 0.05) is 25.1 Å². The van der Waals surface area contributed by atoms with E-state index in [9.17, 15) is 0 Å². The summed E-state index contributed by atoms with van der Waals surface area (Å²) < 4.78 is 13.8. The third-order valence-electron chi connectivity index (χ3n) is 4.79. The van der Waals surface area contributed by atoms with Gasteiger partial charge in [-0.1, -0.05) is 30.3 Å². The first-order valence-electron chi connectivity index (χ1n) is 9.38. The van der Waals surface area contributed by atoms with Crippen molar-refractivity contribution >= 4 is 11.0 Å². The minimum atomic E-state index is 0.594. The van der Waals surface area contributed by atoms with E-state index in [0.717, 1.165) is 60.6 Å². The highest BCUT2D eigenvalue weighted by Crippen LogP contribution is 2.35. The van der Waals surface area contributed by atoms with Crippen molar-refractivity contribution in [3.63, 3.8) is 0 Å². The Bertz CT molecular complexity index is 874. The van der Waals surface area contributed by atoms with Crippen LogP contribution in [-0.2, 0) is 19.4 Å². The average Bonchev–Trinajstić information content (AvgIpc) is 3.02. The minimum absolute atomic E-state index is 0.594. The Morgan fingerprint density at radius 2 is 1.73 bits per heavy atom. The molecule has 2 heterocycles. The van der Waals surface area contributed by atoms with Crippen molar-refractivity contribution in [2.75, 3.05) is 19.8 Å². The maximum Gasteiger partial charge on any atom is 0.163 e. The summed E-state index contributed by atoms with van der Waals surface area (Å²) in [6.07, 6.45) is 3.96. The number of ether oxygens (including phenoxy) is 2. The van der Waals surface area contributed by atoms with Crippen LogP contribution in [0.3, 0.4) is 0 Å². The van der Waals surface area contributed by atoms with Crippen LogP contribution >= 0.6 is 0 Å². The van der Waals surface area contributed by atoms with Gasteiger partial charge in [-0.2, -0.15) is 0 Å². The molecule has 0 spiro atoms. The molecule has 1 aliphatic heterocycles. The molecule has 0 saturated carbocycles. The van der Waals surface area contributed by atoms with Crippen LogP contribution in [0.25, 0.3) is 11.0 Å². The topological polar surface area (TPSA) is 62.3 Å². The minimum Gasteiger partial charge on any atom is -0.486 e. The number of rotatable bonds is 7. The van der Waals surface area contributed by atoms with E-state index in [2.05, 4.69) is 41.0 Å². The molecule has 0 fully saturated rings. The Morgan fingerprint density at radius 1 is 0.962 bits per heavy atom. The summed E-state index contributed by atoms with van der Waals surface area (Å²) in [7, 11) is 0. The van der Waals surface area contributed by atoms with Gasteiger partial charge in [0.15, 0.2) is 11.5 Å². The number of fused-ring (bicyclic) bond motifs is 2. The van der Waals surface area contributed by atoms with Crippen LogP contribution in [0.1, 0.15) is 24.2 Å². The number of aryl methyl sites for hydroxylation is 3. The van der Waals surface area contributed by atoms with Gasteiger partial charge in [-0.25, -0.2) is 4.98 Å². The van der Waals surface area contributed by atoms with Crippen molar-refractivity contribution in [1.82, 2.24) is 9.55 Å². The van der Waals surface area contributed by atoms with Crippen molar-refractivity contribution in [3.8, 4) is 11.5 Å². The normalized spacial score (nSPS) is 13.3. The monoisotopic (exact) mass is 351 g/mol. The highest BCUT2D eigenvalue weighted by atomic mass is 16.6. The molecule has 0 unspecified atom stereocenters. The van der Waals surface area contributed by atoms with Crippen molar-refractivity contribution in [2.45, 2.75) is 32.2 Å². The number of hydrogen-bond acceptors (Lipinski definition) is 4. The third kappa shape index (κ3) is 3.53. The lowest BCUT2D eigenvalue weighted by Gasteiger charge is -2.18. The van der Waals surface area contributed by atoms with E-state index in [-0.39, 0.29) is 0 Å². The zero-order valence-electron chi connectivity index (χ0n) is 15.0. The Hall–Kier alpha value is -2.53. The summed E-state index contributed by atoms with van der Waals surface area (Å²) in [5.74, 6) is 2.71. The van der Waals surface area contributed by atoms with Crippen molar-refractivity contribution in [2.24, 2.45) is 5.73 Å². The number of benzene rings is 2. The van der Waals surface area contributed by atoms with E-state index in [0.29, 0.717) is 19.8 Å². The van der Waals surface area contributed by atoms with E-state index in [1.165, 1.54) is 5.56 Å². The first-order valence-corrected chi connectivity index (χ1v) is 9.38. The highest BCUT2D eigenvalue weighted by Gasteiger charge is 2.17. The van der Waals surface area contributed by atoms with Crippen molar-refractivity contribution in [3.05, 3.63) is 53.9 Å². The Morgan fingerprint density at radius 3 is 2.50 bits per heavy atom. The number of hydrogen-bond donors (Lipinski definition) is 1. The number of imidazole rings is 1. The van der Waals surface area contributed by atoms with E-state index < -0.39 is 0 Å². The summed E-state index contributed by atoms with van der Waals surface area (Å²) in [6.45, 7) is 2.80. The lowest BCUT2D eigenvalue weighted by Crippen LogP contribution is -2.15. The third-order valence-corrected chi connectivity index (χ3v) is 4.79. The molecule has 136 valence electrons. The summed E-state index contributed by atoms with van der Waals surface area (Å²) in [4.78, 5) is 4.86. The van der Waals surface area contributed by atoms with Crippen molar-refractivity contribution in [1.29, 1.82) is 0 Å². The summed E-state index contributed by atoms with van der Waals surface area (Å²) in [6, 6.07) is 14.7. The molecular weight excluding hydrogens is 326 g/mol. The molecule has 0 saturated heterocycles. The second-order valence-corrected chi connectivity index (χ2v) is 6.65. The van der Waals surface area contributed by atoms with E-state index in [4.69, 9.17) is 20.2 Å². The molecule has 4 rings (SSSR count). The fourth-order valence-electron chi connectivity index (χ4n) is 3.50. The molecular formula is C21H25N3O2. The maximum absolute atomic E-state index is 5.76. The molecule has 3 aromatic rings. The molecule has 0 radical (unpaired) electrons. The number of aromatic nitrogens is 2.